The highest BCUT2D eigenvalue weighted by atomic mass is 16.6. The van der Waals surface area contributed by atoms with Crippen molar-refractivity contribution in [3.8, 4) is 5.75 Å². The number of rotatable bonds is 4. The summed E-state index contributed by atoms with van der Waals surface area (Å²) in [7, 11) is 0. The van der Waals surface area contributed by atoms with Crippen molar-refractivity contribution >= 4 is 5.69 Å². The van der Waals surface area contributed by atoms with Gasteiger partial charge in [-0.25, -0.2) is 0 Å². The van der Waals surface area contributed by atoms with E-state index in [0.717, 1.165) is 13.0 Å². The molecule has 0 bridgehead atoms. The predicted octanol–water partition coefficient (Wildman–Crippen LogP) is 2.01. The van der Waals surface area contributed by atoms with Gasteiger partial charge in [0.25, 0.3) is 0 Å². The van der Waals surface area contributed by atoms with Crippen LogP contribution in [0.1, 0.15) is 6.42 Å². The van der Waals surface area contributed by atoms with Gasteiger partial charge in [-0.1, -0.05) is 12.1 Å². The number of nitro benzene ring substituents is 1. The van der Waals surface area contributed by atoms with Crippen LogP contribution in [0.4, 0.5) is 5.69 Å². The molecule has 1 saturated heterocycles. The van der Waals surface area contributed by atoms with Crippen molar-refractivity contribution in [3.63, 3.8) is 0 Å². The summed E-state index contributed by atoms with van der Waals surface area (Å²) in [5.41, 5.74) is 0.0152. The quantitative estimate of drug-likeness (QED) is 0.578. The van der Waals surface area contributed by atoms with Crippen molar-refractivity contribution in [1.82, 2.24) is 0 Å². The van der Waals surface area contributed by atoms with Gasteiger partial charge in [0.15, 0.2) is 5.75 Å². The number of hydrogen-bond donors (Lipinski definition) is 0. The lowest BCUT2D eigenvalue weighted by Crippen LogP contribution is -2.12. The van der Waals surface area contributed by atoms with E-state index < -0.39 is 4.92 Å². The summed E-state index contributed by atoms with van der Waals surface area (Å²) in [5, 5.41) is 10.7. The van der Waals surface area contributed by atoms with Gasteiger partial charge in [-0.15, -0.1) is 0 Å². The maximum Gasteiger partial charge on any atom is 0.310 e. The Bertz CT molecular complexity index is 374. The Hall–Kier alpha value is -1.62. The Morgan fingerprint density at radius 3 is 3.00 bits per heavy atom. The van der Waals surface area contributed by atoms with E-state index in [0.29, 0.717) is 24.9 Å². The van der Waals surface area contributed by atoms with Crippen LogP contribution in [0.2, 0.25) is 0 Å². The van der Waals surface area contributed by atoms with Crippen LogP contribution in [-0.4, -0.2) is 24.7 Å². The van der Waals surface area contributed by atoms with Gasteiger partial charge in [-0.05, 0) is 12.5 Å². The fourth-order valence-electron chi connectivity index (χ4n) is 1.65. The lowest BCUT2D eigenvalue weighted by molar-refractivity contribution is -0.385. The van der Waals surface area contributed by atoms with Crippen molar-refractivity contribution in [1.29, 1.82) is 0 Å². The van der Waals surface area contributed by atoms with Gasteiger partial charge in [0.05, 0.1) is 18.1 Å². The number of hydrogen-bond acceptors (Lipinski definition) is 4. The van der Waals surface area contributed by atoms with E-state index in [1.807, 2.05) is 0 Å². The fraction of sp³-hybridized carbons (Fsp3) is 0.455. The Balaban J connectivity index is 2.00. The Morgan fingerprint density at radius 2 is 2.31 bits per heavy atom. The number of nitro groups is 1. The largest absolute Gasteiger partial charge is 0.486 e. The van der Waals surface area contributed by atoms with Crippen molar-refractivity contribution in [2.75, 3.05) is 19.8 Å². The van der Waals surface area contributed by atoms with Crippen LogP contribution < -0.4 is 4.74 Å². The average Bonchev–Trinajstić information content (AvgIpc) is 2.79. The molecule has 5 nitrogen and oxygen atoms in total. The first kappa shape index (κ1) is 10.9. The van der Waals surface area contributed by atoms with Gasteiger partial charge in [0, 0.05) is 18.6 Å². The maximum atomic E-state index is 10.7. The minimum Gasteiger partial charge on any atom is -0.486 e. The average molecular weight is 223 g/mol. The van der Waals surface area contributed by atoms with Crippen LogP contribution in [0.3, 0.4) is 0 Å². The third-order valence-electron chi connectivity index (χ3n) is 2.56. The molecule has 5 heteroatoms. The van der Waals surface area contributed by atoms with Crippen LogP contribution in [0.25, 0.3) is 0 Å². The number of para-hydroxylation sites is 2. The second-order valence-electron chi connectivity index (χ2n) is 3.77. The van der Waals surface area contributed by atoms with Crippen LogP contribution >= 0.6 is 0 Å². The van der Waals surface area contributed by atoms with E-state index >= 15 is 0 Å². The van der Waals surface area contributed by atoms with Crippen LogP contribution in [-0.2, 0) is 4.74 Å². The van der Waals surface area contributed by atoms with Crippen molar-refractivity contribution < 1.29 is 14.4 Å². The molecule has 1 aliphatic rings. The zero-order valence-electron chi connectivity index (χ0n) is 8.80. The lowest BCUT2D eigenvalue weighted by atomic mass is 10.1. The second kappa shape index (κ2) is 4.94. The summed E-state index contributed by atoms with van der Waals surface area (Å²) in [6, 6.07) is 6.42. The Morgan fingerprint density at radius 1 is 1.50 bits per heavy atom. The summed E-state index contributed by atoms with van der Waals surface area (Å²) in [6.07, 6.45) is 0.959. The molecule has 0 radical (unpaired) electrons. The molecular formula is C11H13NO4. The van der Waals surface area contributed by atoms with Crippen LogP contribution in [0.5, 0.6) is 5.75 Å². The zero-order chi connectivity index (χ0) is 11.4. The van der Waals surface area contributed by atoms with Gasteiger partial charge >= 0.3 is 5.69 Å². The monoisotopic (exact) mass is 223 g/mol. The molecule has 2 rings (SSSR count). The maximum absolute atomic E-state index is 10.7. The van der Waals surface area contributed by atoms with Gasteiger partial charge < -0.3 is 9.47 Å². The smallest absolute Gasteiger partial charge is 0.310 e. The molecule has 0 aromatic heterocycles. The molecule has 1 aromatic carbocycles. The minimum atomic E-state index is -0.430. The molecule has 1 heterocycles. The molecule has 16 heavy (non-hydrogen) atoms. The summed E-state index contributed by atoms with van der Waals surface area (Å²) >= 11 is 0. The lowest BCUT2D eigenvalue weighted by Gasteiger charge is -2.09. The van der Waals surface area contributed by atoms with Gasteiger partial charge in [0.2, 0.25) is 0 Å². The molecule has 0 unspecified atom stereocenters. The first-order chi connectivity index (χ1) is 7.77. The molecule has 1 aromatic rings. The van der Waals surface area contributed by atoms with Gasteiger partial charge in [-0.3, -0.25) is 10.1 Å². The third-order valence-corrected chi connectivity index (χ3v) is 2.56. The molecule has 0 spiro atoms. The van der Waals surface area contributed by atoms with Crippen molar-refractivity contribution in [2.45, 2.75) is 6.42 Å². The van der Waals surface area contributed by atoms with Crippen LogP contribution in [0.15, 0.2) is 24.3 Å². The molecule has 0 aliphatic carbocycles. The summed E-state index contributed by atoms with van der Waals surface area (Å²) in [5.74, 6) is 0.680. The highest BCUT2D eigenvalue weighted by molar-refractivity contribution is 5.45. The third kappa shape index (κ3) is 2.49. The molecule has 1 fully saturated rings. The minimum absolute atomic E-state index is 0.0152. The molecule has 0 saturated carbocycles. The Kier molecular flexibility index (Phi) is 3.36. The van der Waals surface area contributed by atoms with E-state index in [-0.39, 0.29) is 5.69 Å². The predicted molar refractivity (Wildman–Crippen MR) is 57.5 cm³/mol. The Labute approximate surface area is 93.1 Å². The van der Waals surface area contributed by atoms with Gasteiger partial charge in [-0.2, -0.15) is 0 Å². The molecule has 1 aliphatic heterocycles. The number of nitrogens with zero attached hydrogens (tertiary/aromatic N) is 1. The molecular weight excluding hydrogens is 210 g/mol. The topological polar surface area (TPSA) is 61.6 Å². The van der Waals surface area contributed by atoms with E-state index in [1.54, 1.807) is 18.2 Å². The van der Waals surface area contributed by atoms with Crippen LogP contribution in [0, 0.1) is 16.0 Å². The van der Waals surface area contributed by atoms with Crippen molar-refractivity contribution in [2.24, 2.45) is 5.92 Å². The summed E-state index contributed by atoms with van der Waals surface area (Å²) < 4.78 is 10.7. The van der Waals surface area contributed by atoms with E-state index in [9.17, 15) is 10.1 Å². The van der Waals surface area contributed by atoms with Crippen molar-refractivity contribution in [3.05, 3.63) is 34.4 Å². The zero-order valence-corrected chi connectivity index (χ0v) is 8.80. The van der Waals surface area contributed by atoms with E-state index in [2.05, 4.69) is 0 Å². The second-order valence-corrected chi connectivity index (χ2v) is 3.77. The normalized spacial score (nSPS) is 19.6. The first-order valence-corrected chi connectivity index (χ1v) is 5.21. The summed E-state index contributed by atoms with van der Waals surface area (Å²) in [4.78, 5) is 10.3. The highest BCUT2D eigenvalue weighted by Crippen LogP contribution is 2.26. The standard InChI is InChI=1S/C11H13NO4/c13-12(14)10-3-1-2-4-11(10)16-8-9-5-6-15-7-9/h1-4,9H,5-8H2/t9-/m0/s1. The first-order valence-electron chi connectivity index (χ1n) is 5.21. The van der Waals surface area contributed by atoms with E-state index in [4.69, 9.17) is 9.47 Å². The van der Waals surface area contributed by atoms with Gasteiger partial charge in [0.1, 0.15) is 0 Å². The number of benzene rings is 1. The number of ether oxygens (including phenoxy) is 2. The molecule has 1 atom stereocenters. The fourth-order valence-corrected chi connectivity index (χ4v) is 1.65. The molecule has 0 N–H and O–H groups in total. The molecule has 0 amide bonds. The van der Waals surface area contributed by atoms with E-state index in [1.165, 1.54) is 6.07 Å². The summed E-state index contributed by atoms with van der Waals surface area (Å²) in [6.45, 7) is 1.91. The SMILES string of the molecule is O=[N+]([O-])c1ccccc1OC[C@H]1CCOC1. The highest BCUT2D eigenvalue weighted by Gasteiger charge is 2.19. The molecule has 86 valence electrons.